The molecule has 0 amide bonds. The second kappa shape index (κ2) is 7.34. The third-order valence-corrected chi connectivity index (χ3v) is 3.99. The molecule has 100 valence electrons. The molecule has 2 unspecified atom stereocenters. The third kappa shape index (κ3) is 5.36. The number of rotatable bonds is 8. The Balaban J connectivity index is 1.39. The molecule has 17 heavy (non-hydrogen) atoms. The Morgan fingerprint density at radius 3 is 2.94 bits per heavy atom. The van der Waals surface area contributed by atoms with Crippen molar-refractivity contribution in [3.63, 3.8) is 0 Å². The molecule has 3 nitrogen and oxygen atoms in total. The Bertz CT molecular complexity index is 206. The van der Waals surface area contributed by atoms with Gasteiger partial charge in [0, 0.05) is 25.8 Å². The van der Waals surface area contributed by atoms with Gasteiger partial charge in [-0.15, -0.1) is 0 Å². The van der Waals surface area contributed by atoms with Crippen molar-refractivity contribution in [2.45, 2.75) is 45.1 Å². The summed E-state index contributed by atoms with van der Waals surface area (Å²) in [5.74, 6) is 1.72. The highest BCUT2D eigenvalue weighted by Crippen LogP contribution is 2.28. The zero-order valence-corrected chi connectivity index (χ0v) is 11.2. The smallest absolute Gasteiger partial charge is 0.0494 e. The molecular formula is C14H28N2O. The molecule has 0 aromatic carbocycles. The van der Waals surface area contributed by atoms with Crippen LogP contribution in [0.15, 0.2) is 0 Å². The lowest BCUT2D eigenvalue weighted by Crippen LogP contribution is -2.46. The van der Waals surface area contributed by atoms with E-state index in [4.69, 9.17) is 4.74 Å². The van der Waals surface area contributed by atoms with E-state index < -0.39 is 0 Å². The molecule has 0 aromatic rings. The van der Waals surface area contributed by atoms with Crippen LogP contribution in [0, 0.1) is 11.8 Å². The molecule has 1 aliphatic carbocycles. The van der Waals surface area contributed by atoms with E-state index in [1.54, 1.807) is 0 Å². The van der Waals surface area contributed by atoms with Gasteiger partial charge in [0.25, 0.3) is 0 Å². The highest BCUT2D eigenvalue weighted by Gasteiger charge is 2.21. The van der Waals surface area contributed by atoms with Gasteiger partial charge in [0.1, 0.15) is 0 Å². The quantitative estimate of drug-likeness (QED) is 0.635. The van der Waals surface area contributed by atoms with Gasteiger partial charge < -0.3 is 15.4 Å². The lowest BCUT2D eigenvalue weighted by atomic mass is 9.93. The number of hydrogen-bond donors (Lipinski definition) is 2. The van der Waals surface area contributed by atoms with Crippen molar-refractivity contribution >= 4 is 0 Å². The van der Waals surface area contributed by atoms with Gasteiger partial charge in [-0.2, -0.15) is 0 Å². The van der Waals surface area contributed by atoms with Crippen LogP contribution in [0.3, 0.4) is 0 Å². The third-order valence-electron chi connectivity index (χ3n) is 3.99. The van der Waals surface area contributed by atoms with E-state index in [-0.39, 0.29) is 0 Å². The summed E-state index contributed by atoms with van der Waals surface area (Å²) in [4.78, 5) is 0. The zero-order valence-electron chi connectivity index (χ0n) is 11.2. The van der Waals surface area contributed by atoms with Crippen LogP contribution < -0.4 is 10.6 Å². The first kappa shape index (κ1) is 13.3. The van der Waals surface area contributed by atoms with E-state index in [1.807, 2.05) is 0 Å². The summed E-state index contributed by atoms with van der Waals surface area (Å²) in [6.45, 7) is 7.69. The summed E-state index contributed by atoms with van der Waals surface area (Å²) < 4.78 is 5.62. The second-order valence-corrected chi connectivity index (χ2v) is 5.76. The van der Waals surface area contributed by atoms with Crippen LogP contribution in [0.2, 0.25) is 0 Å². The van der Waals surface area contributed by atoms with E-state index >= 15 is 0 Å². The average molecular weight is 240 g/mol. The van der Waals surface area contributed by atoms with Crippen LogP contribution in [0.1, 0.15) is 39.0 Å². The van der Waals surface area contributed by atoms with E-state index in [0.717, 1.165) is 44.6 Å². The fourth-order valence-electron chi connectivity index (χ4n) is 2.48. The molecule has 0 spiro atoms. The molecule has 2 atom stereocenters. The Morgan fingerprint density at radius 2 is 2.18 bits per heavy atom. The van der Waals surface area contributed by atoms with Crippen LogP contribution in [0.25, 0.3) is 0 Å². The molecule has 0 bridgehead atoms. The van der Waals surface area contributed by atoms with Gasteiger partial charge in [0.2, 0.25) is 0 Å². The van der Waals surface area contributed by atoms with E-state index in [9.17, 15) is 0 Å². The van der Waals surface area contributed by atoms with Gasteiger partial charge in [0.05, 0.1) is 0 Å². The van der Waals surface area contributed by atoms with Crippen molar-refractivity contribution in [1.82, 2.24) is 10.6 Å². The van der Waals surface area contributed by atoms with Crippen LogP contribution in [0.5, 0.6) is 0 Å². The standard InChI is InChI=1S/C14H28N2O/c1-12-4-2-8-16-14(12)10-15-7-3-9-17-11-13-5-6-13/h12-16H,2-11H2,1H3. The van der Waals surface area contributed by atoms with Crippen molar-refractivity contribution < 1.29 is 4.74 Å². The number of piperidine rings is 1. The summed E-state index contributed by atoms with van der Waals surface area (Å²) in [5, 5.41) is 7.15. The Kier molecular flexibility index (Phi) is 5.75. The first-order chi connectivity index (χ1) is 8.36. The largest absolute Gasteiger partial charge is 0.381 e. The average Bonchev–Trinajstić information content (AvgIpc) is 3.14. The summed E-state index contributed by atoms with van der Waals surface area (Å²) in [7, 11) is 0. The lowest BCUT2D eigenvalue weighted by Gasteiger charge is -2.30. The topological polar surface area (TPSA) is 33.3 Å². The van der Waals surface area contributed by atoms with Crippen molar-refractivity contribution in [2.75, 3.05) is 32.8 Å². The van der Waals surface area contributed by atoms with E-state index in [1.165, 1.54) is 32.2 Å². The minimum absolute atomic E-state index is 0.677. The molecule has 1 aliphatic heterocycles. The highest BCUT2D eigenvalue weighted by atomic mass is 16.5. The summed E-state index contributed by atoms with van der Waals surface area (Å²) in [6.07, 6.45) is 6.65. The second-order valence-electron chi connectivity index (χ2n) is 5.76. The molecule has 0 radical (unpaired) electrons. The molecule has 3 heteroatoms. The maximum absolute atomic E-state index is 5.62. The molecule has 2 aliphatic rings. The number of hydrogen-bond acceptors (Lipinski definition) is 3. The van der Waals surface area contributed by atoms with Crippen LogP contribution in [-0.2, 0) is 4.74 Å². The molecular weight excluding hydrogens is 212 g/mol. The minimum Gasteiger partial charge on any atom is -0.381 e. The van der Waals surface area contributed by atoms with E-state index in [2.05, 4.69) is 17.6 Å². The highest BCUT2D eigenvalue weighted by molar-refractivity contribution is 4.80. The first-order valence-electron chi connectivity index (χ1n) is 7.38. The monoisotopic (exact) mass is 240 g/mol. The molecule has 2 rings (SSSR count). The predicted octanol–water partition coefficient (Wildman–Crippen LogP) is 1.78. The molecule has 2 fully saturated rings. The maximum atomic E-state index is 5.62. The Morgan fingerprint density at radius 1 is 1.29 bits per heavy atom. The van der Waals surface area contributed by atoms with Gasteiger partial charge in [-0.05, 0) is 57.0 Å². The van der Waals surface area contributed by atoms with Crippen molar-refractivity contribution in [3.05, 3.63) is 0 Å². The lowest BCUT2D eigenvalue weighted by molar-refractivity contribution is 0.121. The summed E-state index contributed by atoms with van der Waals surface area (Å²) in [6, 6.07) is 0.677. The maximum Gasteiger partial charge on any atom is 0.0494 e. The number of ether oxygens (including phenoxy) is 1. The molecule has 1 saturated heterocycles. The van der Waals surface area contributed by atoms with Gasteiger partial charge in [-0.1, -0.05) is 6.92 Å². The first-order valence-corrected chi connectivity index (χ1v) is 7.38. The van der Waals surface area contributed by atoms with Crippen LogP contribution in [0.4, 0.5) is 0 Å². The van der Waals surface area contributed by atoms with Gasteiger partial charge in [0.15, 0.2) is 0 Å². The van der Waals surface area contributed by atoms with Gasteiger partial charge >= 0.3 is 0 Å². The van der Waals surface area contributed by atoms with Crippen molar-refractivity contribution in [3.8, 4) is 0 Å². The zero-order chi connectivity index (χ0) is 11.9. The fourth-order valence-corrected chi connectivity index (χ4v) is 2.48. The molecule has 2 N–H and O–H groups in total. The fraction of sp³-hybridized carbons (Fsp3) is 1.00. The summed E-state index contributed by atoms with van der Waals surface area (Å²) >= 11 is 0. The van der Waals surface area contributed by atoms with Gasteiger partial charge in [-0.25, -0.2) is 0 Å². The normalized spacial score (nSPS) is 29.5. The SMILES string of the molecule is CC1CCCNC1CNCCCOCC1CC1. The molecule has 1 saturated carbocycles. The minimum atomic E-state index is 0.677. The Hall–Kier alpha value is -0.120. The van der Waals surface area contributed by atoms with Crippen molar-refractivity contribution in [2.24, 2.45) is 11.8 Å². The van der Waals surface area contributed by atoms with Crippen LogP contribution >= 0.6 is 0 Å². The Labute approximate surface area is 106 Å². The number of nitrogens with one attached hydrogen (secondary N) is 2. The summed E-state index contributed by atoms with van der Waals surface area (Å²) in [5.41, 5.74) is 0. The molecule has 0 aromatic heterocycles. The predicted molar refractivity (Wildman–Crippen MR) is 71.2 cm³/mol. The van der Waals surface area contributed by atoms with Crippen molar-refractivity contribution in [1.29, 1.82) is 0 Å². The van der Waals surface area contributed by atoms with Crippen LogP contribution in [-0.4, -0.2) is 38.9 Å². The van der Waals surface area contributed by atoms with Gasteiger partial charge in [-0.3, -0.25) is 0 Å². The molecule has 1 heterocycles. The van der Waals surface area contributed by atoms with E-state index in [0.29, 0.717) is 6.04 Å².